The van der Waals surface area contributed by atoms with Gasteiger partial charge in [0.1, 0.15) is 5.69 Å². The SMILES string of the molecule is CC(=O)O[C@@H](C)C(=O)NCc1ccc(C2O[C@H](CSc3nc(-c4ccccc4)c(-c4ccccc4)o3)[C@H](C)[C@H](c3ccc(CO)cc3)O2)cc1. The second kappa shape index (κ2) is 16.3. The number of aliphatic hydroxyl groups is 1. The quantitative estimate of drug-likeness (QED) is 0.100. The van der Waals surface area contributed by atoms with Crippen LogP contribution in [0.1, 0.15) is 55.4 Å². The molecule has 0 spiro atoms. The van der Waals surface area contributed by atoms with Gasteiger partial charge in [0.25, 0.3) is 11.1 Å². The van der Waals surface area contributed by atoms with Gasteiger partial charge in [0.05, 0.1) is 18.8 Å². The number of hydrogen-bond donors (Lipinski definition) is 2. The number of nitrogens with one attached hydrogen (secondary N) is 1. The van der Waals surface area contributed by atoms with E-state index in [4.69, 9.17) is 23.6 Å². The lowest BCUT2D eigenvalue weighted by Crippen LogP contribution is -2.38. The molecular formula is C40H40N2O7S. The van der Waals surface area contributed by atoms with Crippen LogP contribution in [-0.2, 0) is 37.0 Å². The Balaban J connectivity index is 1.21. The number of oxazole rings is 1. The normalized spacial score (nSPS) is 19.4. The maximum absolute atomic E-state index is 12.3. The molecular weight excluding hydrogens is 653 g/mol. The number of carbonyl (C=O) groups is 2. The van der Waals surface area contributed by atoms with Gasteiger partial charge in [-0.2, -0.15) is 0 Å². The van der Waals surface area contributed by atoms with E-state index in [1.54, 1.807) is 0 Å². The number of aromatic nitrogens is 1. The molecule has 258 valence electrons. The first-order valence-corrected chi connectivity index (χ1v) is 17.6. The molecule has 1 aliphatic heterocycles. The van der Waals surface area contributed by atoms with Gasteiger partial charge in [-0.25, -0.2) is 4.98 Å². The molecule has 1 amide bonds. The second-order valence-corrected chi connectivity index (χ2v) is 13.2. The van der Waals surface area contributed by atoms with Crippen LogP contribution in [0.3, 0.4) is 0 Å². The van der Waals surface area contributed by atoms with Gasteiger partial charge in [-0.3, -0.25) is 9.59 Å². The first-order chi connectivity index (χ1) is 24.3. The fraction of sp³-hybridized carbons (Fsp3) is 0.275. The van der Waals surface area contributed by atoms with E-state index in [9.17, 15) is 14.7 Å². The molecule has 1 aromatic heterocycles. The molecule has 0 bridgehead atoms. The summed E-state index contributed by atoms with van der Waals surface area (Å²) >= 11 is 1.51. The van der Waals surface area contributed by atoms with Crippen molar-refractivity contribution < 1.29 is 33.3 Å². The van der Waals surface area contributed by atoms with E-state index in [1.165, 1.54) is 25.6 Å². The van der Waals surface area contributed by atoms with Gasteiger partial charge in [-0.05, 0) is 23.6 Å². The molecule has 9 nitrogen and oxygen atoms in total. The molecule has 2 N–H and O–H groups in total. The largest absolute Gasteiger partial charge is 0.453 e. The fourth-order valence-electron chi connectivity index (χ4n) is 5.83. The van der Waals surface area contributed by atoms with Crippen LogP contribution >= 0.6 is 11.8 Å². The van der Waals surface area contributed by atoms with E-state index in [1.807, 2.05) is 109 Å². The Labute approximate surface area is 296 Å². The van der Waals surface area contributed by atoms with Gasteiger partial charge in [-0.1, -0.05) is 128 Å². The summed E-state index contributed by atoms with van der Waals surface area (Å²) in [5, 5.41) is 13.0. The summed E-state index contributed by atoms with van der Waals surface area (Å²) in [6.45, 7) is 5.17. The second-order valence-electron chi connectivity index (χ2n) is 12.2. The van der Waals surface area contributed by atoms with E-state index < -0.39 is 18.4 Å². The van der Waals surface area contributed by atoms with E-state index in [0.717, 1.165) is 44.8 Å². The number of hydrogen-bond acceptors (Lipinski definition) is 9. The van der Waals surface area contributed by atoms with Gasteiger partial charge in [0.15, 0.2) is 18.2 Å². The molecule has 50 heavy (non-hydrogen) atoms. The summed E-state index contributed by atoms with van der Waals surface area (Å²) < 4.78 is 24.6. The van der Waals surface area contributed by atoms with Crippen molar-refractivity contribution in [2.24, 2.45) is 5.92 Å². The van der Waals surface area contributed by atoms with Crippen LogP contribution < -0.4 is 5.32 Å². The maximum Gasteiger partial charge on any atom is 0.303 e. The molecule has 1 unspecified atom stereocenters. The number of amides is 1. The molecule has 1 saturated heterocycles. The molecule has 10 heteroatoms. The molecule has 1 fully saturated rings. The van der Waals surface area contributed by atoms with Crippen molar-refractivity contribution in [2.75, 3.05) is 5.75 Å². The van der Waals surface area contributed by atoms with Crippen LogP contribution in [0.25, 0.3) is 22.6 Å². The summed E-state index contributed by atoms with van der Waals surface area (Å²) in [6.07, 6.45) is -2.04. The minimum atomic E-state index is -0.873. The summed E-state index contributed by atoms with van der Waals surface area (Å²) in [6, 6.07) is 35.5. The number of rotatable bonds is 12. The molecule has 1 aliphatic rings. The molecule has 4 aromatic carbocycles. The fourth-order valence-corrected chi connectivity index (χ4v) is 6.82. The Morgan fingerprint density at radius 3 is 2.12 bits per heavy atom. The monoisotopic (exact) mass is 692 g/mol. The highest BCUT2D eigenvalue weighted by atomic mass is 32.2. The van der Waals surface area contributed by atoms with E-state index in [-0.39, 0.29) is 37.2 Å². The average molecular weight is 693 g/mol. The van der Waals surface area contributed by atoms with Gasteiger partial charge >= 0.3 is 5.97 Å². The van der Waals surface area contributed by atoms with Crippen molar-refractivity contribution in [3.8, 4) is 22.6 Å². The highest BCUT2D eigenvalue weighted by molar-refractivity contribution is 7.99. The molecule has 5 aromatic rings. The first kappa shape index (κ1) is 35.1. The van der Waals surface area contributed by atoms with Crippen molar-refractivity contribution in [2.45, 2.75) is 63.7 Å². The van der Waals surface area contributed by atoms with E-state index >= 15 is 0 Å². The molecule has 0 saturated carbocycles. The molecule has 5 atom stereocenters. The average Bonchev–Trinajstić information content (AvgIpc) is 3.58. The van der Waals surface area contributed by atoms with Gasteiger partial charge in [-0.15, -0.1) is 0 Å². The topological polar surface area (TPSA) is 120 Å². The van der Waals surface area contributed by atoms with E-state index in [2.05, 4.69) is 12.2 Å². The molecule has 0 aliphatic carbocycles. The maximum atomic E-state index is 12.3. The summed E-state index contributed by atoms with van der Waals surface area (Å²) in [7, 11) is 0. The smallest absolute Gasteiger partial charge is 0.303 e. The van der Waals surface area contributed by atoms with Crippen molar-refractivity contribution in [1.82, 2.24) is 10.3 Å². The van der Waals surface area contributed by atoms with Crippen LogP contribution in [0.4, 0.5) is 0 Å². The van der Waals surface area contributed by atoms with Crippen molar-refractivity contribution in [3.05, 3.63) is 131 Å². The predicted molar refractivity (Wildman–Crippen MR) is 191 cm³/mol. The minimum absolute atomic E-state index is 0.0235. The van der Waals surface area contributed by atoms with Gasteiger partial charge < -0.3 is 29.1 Å². The molecule has 0 radical (unpaired) electrons. The van der Waals surface area contributed by atoms with Gasteiger partial charge in [0.2, 0.25) is 0 Å². The van der Waals surface area contributed by atoms with Gasteiger partial charge in [0, 0.05) is 41.8 Å². The third-order valence-corrected chi connectivity index (χ3v) is 9.53. The third kappa shape index (κ3) is 8.51. The zero-order valence-electron chi connectivity index (χ0n) is 28.2. The molecule has 2 heterocycles. The van der Waals surface area contributed by atoms with Crippen molar-refractivity contribution in [1.29, 1.82) is 0 Å². The zero-order valence-corrected chi connectivity index (χ0v) is 29.0. The van der Waals surface area contributed by atoms with E-state index in [0.29, 0.717) is 11.0 Å². The number of benzene rings is 4. The Kier molecular flexibility index (Phi) is 11.5. The zero-order chi connectivity index (χ0) is 35.0. The first-order valence-electron chi connectivity index (χ1n) is 16.6. The lowest BCUT2D eigenvalue weighted by Gasteiger charge is -2.41. The lowest BCUT2D eigenvalue weighted by atomic mass is 9.91. The van der Waals surface area contributed by atoms with Crippen LogP contribution in [0.15, 0.2) is 119 Å². The number of aliphatic hydroxyl groups excluding tert-OH is 1. The van der Waals surface area contributed by atoms with Crippen molar-refractivity contribution in [3.63, 3.8) is 0 Å². The standard InChI is InChI=1S/C40H40N2O7S/c1-25-34(24-50-40-42-35(30-10-6-4-7-11-30)37(49-40)31-12-8-5-9-13-31)47-39(48-36(25)32-18-16-29(23-43)17-19-32)33-20-14-28(15-21-33)22-41-38(45)26(2)46-27(3)44/h4-21,25-26,34,36,39,43H,22-24H2,1-3H3,(H,41,45)/t25-,26-,34+,36+,39?/m0/s1. The molecule has 6 rings (SSSR count). The highest BCUT2D eigenvalue weighted by Gasteiger charge is 2.38. The van der Waals surface area contributed by atoms with Crippen molar-refractivity contribution >= 4 is 23.6 Å². The number of nitrogens with zero attached hydrogens (tertiary/aromatic N) is 1. The van der Waals surface area contributed by atoms with Crippen LogP contribution in [0.5, 0.6) is 0 Å². The minimum Gasteiger partial charge on any atom is -0.453 e. The van der Waals surface area contributed by atoms with Crippen LogP contribution in [0, 0.1) is 5.92 Å². The Morgan fingerprint density at radius 2 is 1.48 bits per heavy atom. The lowest BCUT2D eigenvalue weighted by molar-refractivity contribution is -0.268. The summed E-state index contributed by atoms with van der Waals surface area (Å²) in [5.74, 6) is 0.388. The Morgan fingerprint density at radius 1 is 0.860 bits per heavy atom. The highest BCUT2D eigenvalue weighted by Crippen LogP contribution is 2.44. The number of carbonyl (C=O) groups excluding carboxylic acids is 2. The number of ether oxygens (including phenoxy) is 3. The summed E-state index contributed by atoms with van der Waals surface area (Å²) in [4.78, 5) is 28.4. The Hall–Kier alpha value is -4.74. The summed E-state index contributed by atoms with van der Waals surface area (Å²) in [5.41, 5.74) is 6.25. The third-order valence-electron chi connectivity index (χ3n) is 8.62. The number of thioether (sulfide) groups is 1. The van der Waals surface area contributed by atoms with Crippen LogP contribution in [0.2, 0.25) is 0 Å². The predicted octanol–water partition coefficient (Wildman–Crippen LogP) is 7.65. The number of esters is 1. The Bertz CT molecular complexity index is 1810. The van der Waals surface area contributed by atoms with Crippen LogP contribution in [-0.4, -0.2) is 39.9 Å².